The predicted molar refractivity (Wildman–Crippen MR) is 66.6 cm³/mol. The lowest BCUT2D eigenvalue weighted by molar-refractivity contribution is -0.120. The van der Waals surface area contributed by atoms with E-state index in [1.54, 1.807) is 29.1 Å². The Bertz CT molecular complexity index is 567. The monoisotopic (exact) mass is 286 g/mol. The quantitative estimate of drug-likeness (QED) is 0.849. The van der Waals surface area contributed by atoms with E-state index >= 15 is 0 Å². The molecule has 0 aliphatic heterocycles. The number of primary sulfonamides is 1. The molecular weight excluding hydrogens is 276 g/mol. The van der Waals surface area contributed by atoms with E-state index in [9.17, 15) is 13.2 Å². The van der Waals surface area contributed by atoms with Gasteiger partial charge in [-0.2, -0.15) is 0 Å². The number of benzene rings is 1. The summed E-state index contributed by atoms with van der Waals surface area (Å²) in [6, 6.07) is 7.89. The van der Waals surface area contributed by atoms with E-state index in [0.29, 0.717) is 12.4 Å². The Labute approximate surface area is 108 Å². The molecule has 96 valence electrons. The standard InChI is InChI=1S/C6H7NO2S.C4H3NO2S/c7-10(8,9)6-4-2-1-3-5-6;6-3-7-4-1-8-2-5-4/h1-5H,(H2,7,8,9);1-3H. The first-order valence-electron chi connectivity index (χ1n) is 4.60. The maximum absolute atomic E-state index is 10.6. The second kappa shape index (κ2) is 6.84. The zero-order valence-electron chi connectivity index (χ0n) is 9.09. The highest BCUT2D eigenvalue weighted by molar-refractivity contribution is 7.89. The van der Waals surface area contributed by atoms with Crippen LogP contribution in [0.3, 0.4) is 0 Å². The summed E-state index contributed by atoms with van der Waals surface area (Å²) in [7, 11) is -3.50. The van der Waals surface area contributed by atoms with Crippen molar-refractivity contribution >= 4 is 27.8 Å². The lowest BCUT2D eigenvalue weighted by atomic mass is 10.4. The molecule has 0 aliphatic carbocycles. The molecule has 8 heteroatoms. The molecule has 1 aromatic carbocycles. The van der Waals surface area contributed by atoms with Crippen LogP contribution in [-0.2, 0) is 14.8 Å². The number of sulfonamides is 1. The molecule has 0 aliphatic rings. The molecule has 2 N–H and O–H groups in total. The van der Waals surface area contributed by atoms with Gasteiger partial charge in [0.25, 0.3) is 6.47 Å². The fourth-order valence-corrected chi connectivity index (χ4v) is 1.91. The molecule has 1 aromatic heterocycles. The summed E-state index contributed by atoms with van der Waals surface area (Å²) in [5.41, 5.74) is 1.60. The minimum atomic E-state index is -3.50. The second-order valence-corrected chi connectivity index (χ2v) is 5.18. The molecule has 6 nitrogen and oxygen atoms in total. The summed E-state index contributed by atoms with van der Waals surface area (Å²) in [5.74, 6) is 0.366. The molecule has 0 radical (unpaired) electrons. The third kappa shape index (κ3) is 5.04. The van der Waals surface area contributed by atoms with Crippen LogP contribution in [0.5, 0.6) is 5.88 Å². The van der Waals surface area contributed by atoms with Crippen molar-refractivity contribution in [2.24, 2.45) is 5.14 Å². The van der Waals surface area contributed by atoms with Gasteiger partial charge in [0.05, 0.1) is 15.8 Å². The van der Waals surface area contributed by atoms with Crippen molar-refractivity contribution in [1.82, 2.24) is 4.98 Å². The third-order valence-corrected chi connectivity index (χ3v) is 3.14. The van der Waals surface area contributed by atoms with Crippen LogP contribution in [0.25, 0.3) is 0 Å². The Morgan fingerprint density at radius 3 is 2.33 bits per heavy atom. The van der Waals surface area contributed by atoms with Gasteiger partial charge in [-0.25, -0.2) is 18.5 Å². The number of aromatic nitrogens is 1. The number of rotatable bonds is 3. The minimum Gasteiger partial charge on any atom is -0.409 e. The Kier molecular flexibility index (Phi) is 5.43. The molecule has 0 saturated carbocycles. The molecule has 18 heavy (non-hydrogen) atoms. The first kappa shape index (κ1) is 14.3. The molecule has 2 aromatic rings. The number of carbonyl (C=O) groups excluding carboxylic acids is 1. The fraction of sp³-hybridized carbons (Fsp3) is 0. The Hall–Kier alpha value is -1.77. The van der Waals surface area contributed by atoms with Crippen LogP contribution in [0, 0.1) is 0 Å². The minimum absolute atomic E-state index is 0.148. The molecular formula is C10H10N2O4S2. The van der Waals surface area contributed by atoms with E-state index in [2.05, 4.69) is 9.72 Å². The van der Waals surface area contributed by atoms with Gasteiger partial charge in [-0.05, 0) is 12.1 Å². The molecule has 1 heterocycles. The molecule has 0 atom stereocenters. The smallest absolute Gasteiger partial charge is 0.299 e. The summed E-state index contributed by atoms with van der Waals surface area (Å²) in [4.78, 5) is 13.4. The van der Waals surface area contributed by atoms with Crippen LogP contribution >= 0.6 is 11.3 Å². The second-order valence-electron chi connectivity index (χ2n) is 2.90. The summed E-state index contributed by atoms with van der Waals surface area (Å²) in [6.07, 6.45) is 0. The van der Waals surface area contributed by atoms with E-state index in [-0.39, 0.29) is 4.90 Å². The SMILES string of the molecule is NS(=O)(=O)c1ccccc1.O=COc1cscn1. The number of carbonyl (C=O) groups is 1. The van der Waals surface area contributed by atoms with Gasteiger partial charge < -0.3 is 4.74 Å². The van der Waals surface area contributed by atoms with Crippen molar-refractivity contribution in [1.29, 1.82) is 0 Å². The number of hydrogen-bond acceptors (Lipinski definition) is 6. The van der Waals surface area contributed by atoms with E-state index in [1.165, 1.54) is 23.5 Å². The Morgan fingerprint density at radius 1 is 1.28 bits per heavy atom. The molecule has 0 bridgehead atoms. The molecule has 0 fully saturated rings. The highest BCUT2D eigenvalue weighted by Gasteiger charge is 2.03. The van der Waals surface area contributed by atoms with Crippen molar-refractivity contribution in [3.05, 3.63) is 41.2 Å². The van der Waals surface area contributed by atoms with Gasteiger partial charge in [0, 0.05) is 0 Å². The third-order valence-electron chi connectivity index (χ3n) is 1.65. The highest BCUT2D eigenvalue weighted by Crippen LogP contribution is 2.07. The molecule has 0 amide bonds. The van der Waals surface area contributed by atoms with Crippen molar-refractivity contribution in [2.45, 2.75) is 4.90 Å². The van der Waals surface area contributed by atoms with E-state index in [0.717, 1.165) is 0 Å². The predicted octanol–water partition coefficient (Wildman–Crippen LogP) is 1.01. The van der Waals surface area contributed by atoms with Gasteiger partial charge in [0.15, 0.2) is 0 Å². The van der Waals surface area contributed by atoms with Gasteiger partial charge in [0.1, 0.15) is 0 Å². The van der Waals surface area contributed by atoms with Crippen molar-refractivity contribution < 1.29 is 17.9 Å². The molecule has 0 unspecified atom stereocenters. The first-order valence-corrected chi connectivity index (χ1v) is 7.09. The average molecular weight is 286 g/mol. The van der Waals surface area contributed by atoms with E-state index in [1.807, 2.05) is 0 Å². The lowest BCUT2D eigenvalue weighted by Gasteiger charge is -1.93. The average Bonchev–Trinajstić information content (AvgIpc) is 2.83. The van der Waals surface area contributed by atoms with Gasteiger partial charge in [-0.1, -0.05) is 18.2 Å². The van der Waals surface area contributed by atoms with Crippen LogP contribution in [0.4, 0.5) is 0 Å². The largest absolute Gasteiger partial charge is 0.409 e. The van der Waals surface area contributed by atoms with E-state index in [4.69, 9.17) is 5.14 Å². The zero-order chi connectivity index (χ0) is 13.4. The summed E-state index contributed by atoms with van der Waals surface area (Å²) in [5, 5.41) is 6.48. The zero-order valence-corrected chi connectivity index (χ0v) is 10.7. The number of nitrogens with two attached hydrogens (primary N) is 1. The Morgan fingerprint density at radius 2 is 1.94 bits per heavy atom. The number of ether oxygens (including phenoxy) is 1. The normalized spacial score (nSPS) is 10.1. The number of thiazole rings is 1. The van der Waals surface area contributed by atoms with Crippen LogP contribution < -0.4 is 9.88 Å². The number of nitrogens with zero attached hydrogens (tertiary/aromatic N) is 1. The topological polar surface area (TPSA) is 99.4 Å². The van der Waals surface area contributed by atoms with Crippen LogP contribution in [-0.4, -0.2) is 19.9 Å². The van der Waals surface area contributed by atoms with Gasteiger partial charge in [-0.3, -0.25) is 4.79 Å². The first-order chi connectivity index (χ1) is 8.54. The van der Waals surface area contributed by atoms with E-state index < -0.39 is 10.0 Å². The van der Waals surface area contributed by atoms with Crippen molar-refractivity contribution in [2.75, 3.05) is 0 Å². The maximum atomic E-state index is 10.6. The fourth-order valence-electron chi connectivity index (χ4n) is 0.919. The molecule has 2 rings (SSSR count). The van der Waals surface area contributed by atoms with Gasteiger partial charge in [0.2, 0.25) is 15.9 Å². The van der Waals surface area contributed by atoms with Crippen molar-refractivity contribution in [3.8, 4) is 5.88 Å². The van der Waals surface area contributed by atoms with Crippen LogP contribution in [0.15, 0.2) is 46.1 Å². The summed E-state index contributed by atoms with van der Waals surface area (Å²) in [6.45, 7) is 0.356. The van der Waals surface area contributed by atoms with Gasteiger partial charge >= 0.3 is 0 Å². The lowest BCUT2D eigenvalue weighted by Crippen LogP contribution is -2.11. The van der Waals surface area contributed by atoms with Crippen LogP contribution in [0.1, 0.15) is 0 Å². The summed E-state index contributed by atoms with van der Waals surface area (Å²) < 4.78 is 25.6. The Balaban J connectivity index is 0.000000184. The summed E-state index contributed by atoms with van der Waals surface area (Å²) >= 11 is 1.38. The number of hydrogen-bond donors (Lipinski definition) is 1. The van der Waals surface area contributed by atoms with Crippen LogP contribution in [0.2, 0.25) is 0 Å². The van der Waals surface area contributed by atoms with Gasteiger partial charge in [-0.15, -0.1) is 11.3 Å². The molecule has 0 saturated heterocycles. The molecule has 0 spiro atoms. The van der Waals surface area contributed by atoms with Crippen molar-refractivity contribution in [3.63, 3.8) is 0 Å². The highest BCUT2D eigenvalue weighted by atomic mass is 32.2. The maximum Gasteiger partial charge on any atom is 0.299 e.